The third-order valence-corrected chi connectivity index (χ3v) is 5.12. The fourth-order valence-corrected chi connectivity index (χ4v) is 3.53. The molecule has 1 heterocycles. The van der Waals surface area contributed by atoms with Gasteiger partial charge in [-0.15, -0.1) is 0 Å². The van der Waals surface area contributed by atoms with Crippen LogP contribution in [0.5, 0.6) is 0 Å². The van der Waals surface area contributed by atoms with Gasteiger partial charge in [-0.05, 0) is 61.6 Å². The maximum absolute atomic E-state index is 13.1. The molecule has 2 aromatic rings. The van der Waals surface area contributed by atoms with E-state index in [1.165, 1.54) is 61.2 Å². The van der Waals surface area contributed by atoms with E-state index in [9.17, 15) is 14.0 Å². The molecule has 0 saturated carbocycles. The van der Waals surface area contributed by atoms with Crippen LogP contribution in [0.25, 0.3) is 0 Å². The van der Waals surface area contributed by atoms with Gasteiger partial charge in [-0.1, -0.05) is 31.0 Å². The molecule has 5 nitrogen and oxygen atoms in total. The van der Waals surface area contributed by atoms with Crippen LogP contribution in [0.3, 0.4) is 0 Å². The van der Waals surface area contributed by atoms with Gasteiger partial charge in [0.25, 0.3) is 0 Å². The Morgan fingerprint density at radius 2 is 1.66 bits per heavy atom. The summed E-state index contributed by atoms with van der Waals surface area (Å²) in [6.45, 7) is 2.66. The number of amides is 2. The Hall–Kier alpha value is -2.89. The number of nitrogens with zero attached hydrogens (tertiary/aromatic N) is 1. The minimum absolute atomic E-state index is 0.259. The van der Waals surface area contributed by atoms with Crippen LogP contribution in [0.2, 0.25) is 0 Å². The topological polar surface area (TPSA) is 61.4 Å². The lowest BCUT2D eigenvalue weighted by atomic mass is 10.1. The Morgan fingerprint density at radius 3 is 2.34 bits per heavy atom. The van der Waals surface area contributed by atoms with Gasteiger partial charge in [-0.3, -0.25) is 9.59 Å². The zero-order valence-electron chi connectivity index (χ0n) is 16.6. The monoisotopic (exact) mass is 397 g/mol. The van der Waals surface area contributed by atoms with Crippen LogP contribution in [0.15, 0.2) is 48.5 Å². The van der Waals surface area contributed by atoms with Crippen LogP contribution in [0.1, 0.15) is 37.7 Å². The third-order valence-electron chi connectivity index (χ3n) is 5.12. The number of carbonyl (C=O) groups excluding carboxylic acids is 2. The highest BCUT2D eigenvalue weighted by Gasteiger charge is 2.13. The van der Waals surface area contributed by atoms with Gasteiger partial charge >= 0.3 is 11.8 Å². The molecule has 1 saturated heterocycles. The van der Waals surface area contributed by atoms with Crippen LogP contribution >= 0.6 is 0 Å². The number of benzene rings is 2. The molecule has 154 valence electrons. The number of hydrogen-bond donors (Lipinski definition) is 2. The molecule has 0 atom stereocenters. The zero-order valence-corrected chi connectivity index (χ0v) is 16.6. The van der Waals surface area contributed by atoms with Gasteiger partial charge in [0.05, 0.1) is 0 Å². The lowest BCUT2D eigenvalue weighted by Crippen LogP contribution is -2.36. The smallest absolute Gasteiger partial charge is 0.313 e. The van der Waals surface area contributed by atoms with E-state index in [1.54, 1.807) is 0 Å². The second kappa shape index (κ2) is 10.6. The molecular formula is C23H28FN3O2. The predicted molar refractivity (Wildman–Crippen MR) is 113 cm³/mol. The number of nitrogens with one attached hydrogen (secondary N) is 2. The van der Waals surface area contributed by atoms with E-state index in [2.05, 4.69) is 39.8 Å². The standard InChI is InChI=1S/C23H28FN3O2/c24-19-8-5-9-20(17-19)26-23(29)22(28)25-14-6-7-18-10-12-21(13-11-18)27-15-3-1-2-4-16-27/h5,8-13,17H,1-4,6-7,14-16H2,(H,25,28)(H,26,29). The molecule has 0 radical (unpaired) electrons. The maximum Gasteiger partial charge on any atom is 0.313 e. The van der Waals surface area contributed by atoms with E-state index in [4.69, 9.17) is 0 Å². The summed E-state index contributed by atoms with van der Waals surface area (Å²) in [7, 11) is 0. The highest BCUT2D eigenvalue weighted by Crippen LogP contribution is 2.20. The molecule has 6 heteroatoms. The molecule has 0 aromatic heterocycles. The predicted octanol–water partition coefficient (Wildman–Crippen LogP) is 3.89. The summed E-state index contributed by atoms with van der Waals surface area (Å²) in [5.41, 5.74) is 2.75. The summed E-state index contributed by atoms with van der Waals surface area (Å²) in [6.07, 6.45) is 6.72. The van der Waals surface area contributed by atoms with E-state index < -0.39 is 17.6 Å². The van der Waals surface area contributed by atoms with Crippen molar-refractivity contribution in [2.45, 2.75) is 38.5 Å². The van der Waals surface area contributed by atoms with Crippen LogP contribution in [-0.4, -0.2) is 31.4 Å². The van der Waals surface area contributed by atoms with E-state index in [0.717, 1.165) is 25.9 Å². The van der Waals surface area contributed by atoms with Crippen LogP contribution in [0.4, 0.5) is 15.8 Å². The van der Waals surface area contributed by atoms with Crippen molar-refractivity contribution < 1.29 is 14.0 Å². The Morgan fingerprint density at radius 1 is 0.931 bits per heavy atom. The van der Waals surface area contributed by atoms with Crippen molar-refractivity contribution in [3.05, 3.63) is 59.9 Å². The summed E-state index contributed by atoms with van der Waals surface area (Å²) in [5, 5.41) is 4.99. The lowest BCUT2D eigenvalue weighted by Gasteiger charge is -2.22. The fraction of sp³-hybridized carbons (Fsp3) is 0.391. The van der Waals surface area contributed by atoms with Gasteiger partial charge in [0.2, 0.25) is 0 Å². The van der Waals surface area contributed by atoms with Crippen molar-refractivity contribution in [2.24, 2.45) is 0 Å². The van der Waals surface area contributed by atoms with Crippen molar-refractivity contribution in [1.29, 1.82) is 0 Å². The first kappa shape index (κ1) is 20.8. The minimum Gasteiger partial charge on any atom is -0.372 e. The number of carbonyl (C=O) groups is 2. The quantitative estimate of drug-likeness (QED) is 0.574. The summed E-state index contributed by atoms with van der Waals surface area (Å²) in [4.78, 5) is 26.2. The first-order chi connectivity index (χ1) is 14.1. The van der Waals surface area contributed by atoms with Gasteiger partial charge in [-0.2, -0.15) is 0 Å². The summed E-state index contributed by atoms with van der Waals surface area (Å²) >= 11 is 0. The largest absolute Gasteiger partial charge is 0.372 e. The van der Waals surface area contributed by atoms with Crippen LogP contribution in [-0.2, 0) is 16.0 Å². The molecule has 2 N–H and O–H groups in total. The highest BCUT2D eigenvalue weighted by atomic mass is 19.1. The van der Waals surface area contributed by atoms with Gasteiger partial charge in [0.15, 0.2) is 0 Å². The van der Waals surface area contributed by atoms with Gasteiger partial charge in [0.1, 0.15) is 5.82 Å². The molecular weight excluding hydrogens is 369 g/mol. The minimum atomic E-state index is -0.794. The first-order valence-corrected chi connectivity index (χ1v) is 10.3. The number of hydrogen-bond acceptors (Lipinski definition) is 3. The maximum atomic E-state index is 13.1. The average Bonchev–Trinajstić information content (AvgIpc) is 3.01. The van der Waals surface area contributed by atoms with Gasteiger partial charge in [-0.25, -0.2) is 4.39 Å². The van der Waals surface area contributed by atoms with Crippen molar-refractivity contribution in [3.8, 4) is 0 Å². The van der Waals surface area contributed by atoms with E-state index in [-0.39, 0.29) is 5.69 Å². The molecule has 2 aromatic carbocycles. The zero-order chi connectivity index (χ0) is 20.5. The molecule has 3 rings (SSSR count). The first-order valence-electron chi connectivity index (χ1n) is 10.3. The molecule has 0 bridgehead atoms. The Kier molecular flexibility index (Phi) is 7.61. The molecule has 1 aliphatic heterocycles. The Balaban J connectivity index is 1.38. The van der Waals surface area contributed by atoms with Crippen molar-refractivity contribution in [2.75, 3.05) is 29.9 Å². The van der Waals surface area contributed by atoms with Gasteiger partial charge in [0, 0.05) is 31.0 Å². The van der Waals surface area contributed by atoms with Crippen molar-refractivity contribution in [1.82, 2.24) is 5.32 Å². The second-order valence-electron chi connectivity index (χ2n) is 7.39. The Bertz CT molecular complexity index is 815. The lowest BCUT2D eigenvalue weighted by molar-refractivity contribution is -0.136. The van der Waals surface area contributed by atoms with E-state index in [1.807, 2.05) is 0 Å². The van der Waals surface area contributed by atoms with E-state index >= 15 is 0 Å². The molecule has 1 aliphatic rings. The average molecular weight is 397 g/mol. The Labute approximate surface area is 171 Å². The molecule has 0 unspecified atom stereocenters. The third kappa shape index (κ3) is 6.59. The molecule has 0 spiro atoms. The van der Waals surface area contributed by atoms with Gasteiger partial charge < -0.3 is 15.5 Å². The van der Waals surface area contributed by atoms with Crippen LogP contribution < -0.4 is 15.5 Å². The summed E-state index contributed by atoms with van der Waals surface area (Å²) in [5.74, 6) is -1.98. The summed E-state index contributed by atoms with van der Waals surface area (Å²) in [6, 6.07) is 14.1. The number of anilines is 2. The second-order valence-corrected chi connectivity index (χ2v) is 7.39. The number of aryl methyl sites for hydroxylation is 1. The van der Waals surface area contributed by atoms with E-state index in [0.29, 0.717) is 6.54 Å². The normalized spacial score (nSPS) is 14.2. The highest BCUT2D eigenvalue weighted by molar-refractivity contribution is 6.39. The summed E-state index contributed by atoms with van der Waals surface area (Å²) < 4.78 is 13.1. The SMILES string of the molecule is O=C(NCCCc1ccc(N2CCCCCC2)cc1)C(=O)Nc1cccc(F)c1. The van der Waals surface area contributed by atoms with Crippen molar-refractivity contribution >= 4 is 23.2 Å². The number of halogens is 1. The van der Waals surface area contributed by atoms with Crippen molar-refractivity contribution in [3.63, 3.8) is 0 Å². The molecule has 1 fully saturated rings. The molecule has 0 aliphatic carbocycles. The fourth-order valence-electron chi connectivity index (χ4n) is 3.53. The molecule has 29 heavy (non-hydrogen) atoms. The van der Waals surface area contributed by atoms with Crippen LogP contribution in [0, 0.1) is 5.82 Å². The number of rotatable bonds is 6. The molecule has 2 amide bonds.